The quantitative estimate of drug-likeness (QED) is 0.711. The number of nitrogens with one attached hydrogen (secondary N) is 1. The standard InChI is InChI=1S/C13H26N2O3/c1-4-5-12(13(16)17)14-8-11-9-15(10(2)3)6-7-18-11/h10-12,14H,4-9H2,1-3H3,(H,16,17). The third kappa shape index (κ3) is 4.92. The van der Waals surface area contributed by atoms with Crippen LogP contribution in [0.4, 0.5) is 0 Å². The molecule has 0 aromatic heterocycles. The van der Waals surface area contributed by atoms with Gasteiger partial charge < -0.3 is 15.2 Å². The maximum Gasteiger partial charge on any atom is 0.320 e. The minimum absolute atomic E-state index is 0.0971. The highest BCUT2D eigenvalue weighted by atomic mass is 16.5. The monoisotopic (exact) mass is 258 g/mol. The van der Waals surface area contributed by atoms with Gasteiger partial charge in [-0.2, -0.15) is 0 Å². The Labute approximate surface area is 109 Å². The van der Waals surface area contributed by atoms with Crippen LogP contribution in [-0.2, 0) is 9.53 Å². The summed E-state index contributed by atoms with van der Waals surface area (Å²) in [6, 6.07) is 0.0651. The first-order valence-electron chi connectivity index (χ1n) is 6.86. The molecule has 2 unspecified atom stereocenters. The van der Waals surface area contributed by atoms with Gasteiger partial charge in [-0.25, -0.2) is 0 Å². The van der Waals surface area contributed by atoms with E-state index in [9.17, 15) is 4.79 Å². The average molecular weight is 258 g/mol. The van der Waals surface area contributed by atoms with E-state index in [1.165, 1.54) is 0 Å². The number of nitrogens with zero attached hydrogens (tertiary/aromatic N) is 1. The van der Waals surface area contributed by atoms with Gasteiger partial charge >= 0.3 is 5.97 Å². The molecule has 1 aliphatic rings. The first-order chi connectivity index (χ1) is 8.54. The first kappa shape index (κ1) is 15.4. The zero-order valence-corrected chi connectivity index (χ0v) is 11.7. The molecule has 1 heterocycles. The van der Waals surface area contributed by atoms with Crippen molar-refractivity contribution in [3.05, 3.63) is 0 Å². The van der Waals surface area contributed by atoms with Gasteiger partial charge in [0.05, 0.1) is 12.7 Å². The first-order valence-corrected chi connectivity index (χ1v) is 6.86. The van der Waals surface area contributed by atoms with Crippen molar-refractivity contribution in [2.75, 3.05) is 26.2 Å². The van der Waals surface area contributed by atoms with Crippen LogP contribution in [-0.4, -0.2) is 60.4 Å². The van der Waals surface area contributed by atoms with Crippen LogP contribution in [0, 0.1) is 0 Å². The molecule has 1 saturated heterocycles. The number of carbonyl (C=O) groups is 1. The van der Waals surface area contributed by atoms with Crippen LogP contribution in [0.2, 0.25) is 0 Å². The van der Waals surface area contributed by atoms with E-state index in [0.29, 0.717) is 19.0 Å². The van der Waals surface area contributed by atoms with E-state index in [0.717, 1.165) is 26.1 Å². The summed E-state index contributed by atoms with van der Waals surface area (Å²) in [5.74, 6) is -0.770. The van der Waals surface area contributed by atoms with E-state index >= 15 is 0 Å². The zero-order valence-electron chi connectivity index (χ0n) is 11.7. The minimum atomic E-state index is -0.770. The molecule has 5 heteroatoms. The second-order valence-corrected chi connectivity index (χ2v) is 5.17. The van der Waals surface area contributed by atoms with E-state index in [2.05, 4.69) is 24.1 Å². The lowest BCUT2D eigenvalue weighted by molar-refractivity contribution is -0.140. The van der Waals surface area contributed by atoms with Crippen LogP contribution in [0.25, 0.3) is 0 Å². The molecule has 106 valence electrons. The molecule has 0 saturated carbocycles. The summed E-state index contributed by atoms with van der Waals surface area (Å²) >= 11 is 0. The maximum atomic E-state index is 11.0. The van der Waals surface area contributed by atoms with E-state index < -0.39 is 12.0 Å². The number of aliphatic carboxylic acids is 1. The highest BCUT2D eigenvalue weighted by Gasteiger charge is 2.24. The van der Waals surface area contributed by atoms with Crippen LogP contribution < -0.4 is 5.32 Å². The van der Waals surface area contributed by atoms with Crippen LogP contribution in [0.3, 0.4) is 0 Å². The molecule has 0 bridgehead atoms. The Balaban J connectivity index is 2.35. The van der Waals surface area contributed by atoms with Gasteiger partial charge in [-0.15, -0.1) is 0 Å². The number of ether oxygens (including phenoxy) is 1. The van der Waals surface area contributed by atoms with Crippen LogP contribution >= 0.6 is 0 Å². The SMILES string of the molecule is CCCC(NCC1CN(C(C)C)CCO1)C(=O)O. The van der Waals surface area contributed by atoms with Crippen LogP contribution in [0.5, 0.6) is 0 Å². The fourth-order valence-electron chi connectivity index (χ4n) is 2.21. The highest BCUT2D eigenvalue weighted by Crippen LogP contribution is 2.08. The maximum absolute atomic E-state index is 11.0. The largest absolute Gasteiger partial charge is 0.480 e. The average Bonchev–Trinajstić information content (AvgIpc) is 2.34. The van der Waals surface area contributed by atoms with Crippen molar-refractivity contribution in [1.82, 2.24) is 10.2 Å². The summed E-state index contributed by atoms with van der Waals surface area (Å²) in [7, 11) is 0. The van der Waals surface area contributed by atoms with E-state index in [1.54, 1.807) is 0 Å². The predicted octanol–water partition coefficient (Wildman–Crippen LogP) is 0.939. The Morgan fingerprint density at radius 1 is 1.56 bits per heavy atom. The lowest BCUT2D eigenvalue weighted by atomic mass is 10.1. The molecule has 0 aromatic rings. The second-order valence-electron chi connectivity index (χ2n) is 5.17. The molecule has 18 heavy (non-hydrogen) atoms. The third-order valence-corrected chi connectivity index (χ3v) is 3.37. The van der Waals surface area contributed by atoms with E-state index in [1.807, 2.05) is 6.92 Å². The van der Waals surface area contributed by atoms with Crippen molar-refractivity contribution >= 4 is 5.97 Å². The number of morpholine rings is 1. The van der Waals surface area contributed by atoms with Crippen LogP contribution in [0.15, 0.2) is 0 Å². The number of hydrogen-bond acceptors (Lipinski definition) is 4. The lowest BCUT2D eigenvalue weighted by Gasteiger charge is -2.36. The molecule has 0 radical (unpaired) electrons. The van der Waals surface area contributed by atoms with Crippen molar-refractivity contribution < 1.29 is 14.6 Å². The highest BCUT2D eigenvalue weighted by molar-refractivity contribution is 5.73. The molecule has 2 N–H and O–H groups in total. The molecule has 0 amide bonds. The molecule has 1 aliphatic heterocycles. The molecule has 1 rings (SSSR count). The van der Waals surface area contributed by atoms with Gasteiger partial charge in [-0.1, -0.05) is 13.3 Å². The molecule has 0 aromatic carbocycles. The summed E-state index contributed by atoms with van der Waals surface area (Å²) in [6.07, 6.45) is 1.63. The van der Waals surface area contributed by atoms with Gasteiger partial charge in [0.25, 0.3) is 0 Å². The van der Waals surface area contributed by atoms with Crippen molar-refractivity contribution in [2.24, 2.45) is 0 Å². The fourth-order valence-corrected chi connectivity index (χ4v) is 2.21. The van der Waals surface area contributed by atoms with Crippen molar-refractivity contribution in [3.8, 4) is 0 Å². The second kappa shape index (κ2) is 7.71. The topological polar surface area (TPSA) is 61.8 Å². The number of carboxylic acid groups (broad SMARTS) is 1. The fraction of sp³-hybridized carbons (Fsp3) is 0.923. The summed E-state index contributed by atoms with van der Waals surface area (Å²) in [5.41, 5.74) is 0. The molecule has 1 fully saturated rings. The molecule has 0 aliphatic carbocycles. The van der Waals surface area contributed by atoms with Gasteiger partial charge in [-0.3, -0.25) is 9.69 Å². The van der Waals surface area contributed by atoms with E-state index in [4.69, 9.17) is 9.84 Å². The van der Waals surface area contributed by atoms with Crippen molar-refractivity contribution in [3.63, 3.8) is 0 Å². The summed E-state index contributed by atoms with van der Waals surface area (Å²) < 4.78 is 5.67. The smallest absolute Gasteiger partial charge is 0.320 e. The Kier molecular flexibility index (Phi) is 6.60. The molecule has 5 nitrogen and oxygen atoms in total. The van der Waals surface area contributed by atoms with E-state index in [-0.39, 0.29) is 6.10 Å². The lowest BCUT2D eigenvalue weighted by Crippen LogP contribution is -2.51. The molecular weight excluding hydrogens is 232 g/mol. The predicted molar refractivity (Wildman–Crippen MR) is 70.8 cm³/mol. The summed E-state index contributed by atoms with van der Waals surface area (Å²) in [5, 5.41) is 12.2. The van der Waals surface area contributed by atoms with Crippen LogP contribution in [0.1, 0.15) is 33.6 Å². The van der Waals surface area contributed by atoms with Crippen molar-refractivity contribution in [1.29, 1.82) is 0 Å². The molecule has 2 atom stereocenters. The minimum Gasteiger partial charge on any atom is -0.480 e. The zero-order chi connectivity index (χ0) is 13.5. The molecular formula is C13H26N2O3. The van der Waals surface area contributed by atoms with Crippen molar-refractivity contribution in [2.45, 2.75) is 51.8 Å². The Bertz CT molecular complexity index is 259. The summed E-state index contributed by atoms with van der Waals surface area (Å²) in [4.78, 5) is 13.4. The summed E-state index contributed by atoms with van der Waals surface area (Å²) in [6.45, 7) is 9.53. The molecule has 0 spiro atoms. The normalized spacial score (nSPS) is 23.2. The van der Waals surface area contributed by atoms with Gasteiger partial charge in [0, 0.05) is 25.7 Å². The Hall–Kier alpha value is -0.650. The Morgan fingerprint density at radius 3 is 2.83 bits per heavy atom. The third-order valence-electron chi connectivity index (χ3n) is 3.37. The van der Waals surface area contributed by atoms with Gasteiger partial charge in [-0.05, 0) is 20.3 Å². The van der Waals surface area contributed by atoms with Gasteiger partial charge in [0.2, 0.25) is 0 Å². The number of hydrogen-bond donors (Lipinski definition) is 2. The number of carboxylic acids is 1. The van der Waals surface area contributed by atoms with Gasteiger partial charge in [0.1, 0.15) is 6.04 Å². The number of rotatable bonds is 7. The Morgan fingerprint density at radius 2 is 2.28 bits per heavy atom. The van der Waals surface area contributed by atoms with Gasteiger partial charge in [0.15, 0.2) is 0 Å².